The number of hydrazine groups is 1. The fourth-order valence-corrected chi connectivity index (χ4v) is 2.08. The first-order valence-corrected chi connectivity index (χ1v) is 6.77. The van der Waals surface area contributed by atoms with Crippen molar-refractivity contribution in [1.82, 2.24) is 10.4 Å². The maximum absolute atomic E-state index is 12.1. The van der Waals surface area contributed by atoms with E-state index in [1.165, 1.54) is 0 Å². The molecule has 0 unspecified atom stereocenters. The molecule has 0 saturated heterocycles. The predicted molar refractivity (Wildman–Crippen MR) is 84.3 cm³/mol. The van der Waals surface area contributed by atoms with Gasteiger partial charge in [-0.25, -0.2) is 0 Å². The van der Waals surface area contributed by atoms with Gasteiger partial charge >= 0.3 is 0 Å². The van der Waals surface area contributed by atoms with E-state index in [9.17, 15) is 4.79 Å². The minimum Gasteiger partial charge on any atom is -0.298 e. The van der Waals surface area contributed by atoms with Gasteiger partial charge in [0.25, 0.3) is 5.91 Å². The molecule has 0 spiro atoms. The zero-order valence-electron chi connectivity index (χ0n) is 11.0. The van der Waals surface area contributed by atoms with E-state index in [4.69, 9.17) is 11.6 Å². The van der Waals surface area contributed by atoms with Gasteiger partial charge in [-0.3, -0.25) is 20.6 Å². The fourth-order valence-electron chi connectivity index (χ4n) is 1.95. The molecule has 1 amide bonds. The van der Waals surface area contributed by atoms with Crippen LogP contribution in [0.3, 0.4) is 0 Å². The Morgan fingerprint density at radius 1 is 1.05 bits per heavy atom. The van der Waals surface area contributed by atoms with Crippen molar-refractivity contribution in [2.24, 2.45) is 0 Å². The second-order valence-corrected chi connectivity index (χ2v) is 4.93. The highest BCUT2D eigenvalue weighted by Gasteiger charge is 2.06. The van der Waals surface area contributed by atoms with Gasteiger partial charge in [-0.1, -0.05) is 17.7 Å². The van der Waals surface area contributed by atoms with Crippen LogP contribution in [-0.2, 0) is 0 Å². The number of pyridine rings is 1. The lowest BCUT2D eigenvalue weighted by molar-refractivity contribution is 0.0963. The maximum atomic E-state index is 12.1. The van der Waals surface area contributed by atoms with Crippen LogP contribution in [0.15, 0.2) is 60.8 Å². The molecule has 0 bridgehead atoms. The number of hydrogen-bond donors (Lipinski definition) is 2. The minimum absolute atomic E-state index is 0.212. The molecule has 0 fully saturated rings. The molecule has 4 nitrogen and oxygen atoms in total. The van der Waals surface area contributed by atoms with E-state index in [1.807, 2.05) is 18.2 Å². The van der Waals surface area contributed by atoms with Crippen molar-refractivity contribution in [3.8, 4) is 0 Å². The van der Waals surface area contributed by atoms with E-state index in [-0.39, 0.29) is 5.91 Å². The van der Waals surface area contributed by atoms with Gasteiger partial charge in [-0.05, 0) is 48.5 Å². The van der Waals surface area contributed by atoms with Crippen molar-refractivity contribution in [3.05, 3.63) is 71.4 Å². The normalized spacial score (nSPS) is 10.3. The smallest absolute Gasteiger partial charge is 0.269 e. The molecule has 3 rings (SSSR count). The number of carbonyl (C=O) groups is 1. The molecule has 0 atom stereocenters. The molecule has 21 heavy (non-hydrogen) atoms. The lowest BCUT2D eigenvalue weighted by Gasteiger charge is -2.09. The van der Waals surface area contributed by atoms with E-state index in [1.54, 1.807) is 42.6 Å². The Morgan fingerprint density at radius 2 is 1.86 bits per heavy atom. The molecule has 2 aromatic carbocycles. The van der Waals surface area contributed by atoms with Gasteiger partial charge in [0.05, 0.1) is 11.2 Å². The van der Waals surface area contributed by atoms with Crippen LogP contribution in [0.25, 0.3) is 10.9 Å². The summed E-state index contributed by atoms with van der Waals surface area (Å²) in [5.74, 6) is -0.212. The van der Waals surface area contributed by atoms with Gasteiger partial charge in [0.2, 0.25) is 0 Å². The first-order chi connectivity index (χ1) is 10.2. The van der Waals surface area contributed by atoms with Crippen LogP contribution in [-0.4, -0.2) is 10.9 Å². The zero-order chi connectivity index (χ0) is 14.7. The van der Waals surface area contributed by atoms with Crippen LogP contribution < -0.4 is 10.9 Å². The largest absolute Gasteiger partial charge is 0.298 e. The molecule has 104 valence electrons. The molecule has 1 heterocycles. The number of benzene rings is 2. The number of halogens is 1. The maximum Gasteiger partial charge on any atom is 0.269 e. The van der Waals surface area contributed by atoms with Gasteiger partial charge in [0.1, 0.15) is 0 Å². The van der Waals surface area contributed by atoms with Crippen LogP contribution in [0.2, 0.25) is 5.02 Å². The number of anilines is 1. The van der Waals surface area contributed by atoms with Gasteiger partial charge in [-0.15, -0.1) is 0 Å². The molecule has 0 saturated carbocycles. The average molecular weight is 298 g/mol. The second-order valence-electron chi connectivity index (χ2n) is 4.50. The number of rotatable bonds is 3. The van der Waals surface area contributed by atoms with Crippen LogP contribution in [0.4, 0.5) is 5.69 Å². The summed E-state index contributed by atoms with van der Waals surface area (Å²) >= 11 is 5.80. The average Bonchev–Trinajstić information content (AvgIpc) is 2.53. The number of aromatic nitrogens is 1. The number of fused-ring (bicyclic) bond motifs is 1. The minimum atomic E-state index is -0.212. The quantitative estimate of drug-likeness (QED) is 0.726. The van der Waals surface area contributed by atoms with Crippen molar-refractivity contribution in [3.63, 3.8) is 0 Å². The Labute approximate surface area is 126 Å². The summed E-state index contributed by atoms with van der Waals surface area (Å²) in [6, 6.07) is 16.2. The third kappa shape index (κ3) is 3.12. The molecule has 0 aliphatic carbocycles. The first-order valence-electron chi connectivity index (χ1n) is 6.39. The van der Waals surface area contributed by atoms with Crippen molar-refractivity contribution in [2.75, 3.05) is 5.43 Å². The van der Waals surface area contributed by atoms with Crippen molar-refractivity contribution >= 4 is 34.1 Å². The zero-order valence-corrected chi connectivity index (χ0v) is 11.8. The van der Waals surface area contributed by atoms with Crippen LogP contribution in [0.1, 0.15) is 10.4 Å². The summed E-state index contributed by atoms with van der Waals surface area (Å²) in [4.78, 5) is 16.3. The number of hydrogen-bond acceptors (Lipinski definition) is 3. The second kappa shape index (κ2) is 5.81. The number of carbonyl (C=O) groups excluding carboxylic acids is 1. The van der Waals surface area contributed by atoms with Gasteiger partial charge in [0, 0.05) is 22.2 Å². The number of nitrogens with one attached hydrogen (secondary N) is 2. The number of nitrogens with zero attached hydrogens (tertiary/aromatic N) is 1. The van der Waals surface area contributed by atoms with E-state index < -0.39 is 0 Å². The molecule has 0 aliphatic rings. The molecular weight excluding hydrogens is 286 g/mol. The highest BCUT2D eigenvalue weighted by Crippen LogP contribution is 2.14. The van der Waals surface area contributed by atoms with Crippen LogP contribution in [0, 0.1) is 0 Å². The summed E-state index contributed by atoms with van der Waals surface area (Å²) in [6.07, 6.45) is 1.73. The fraction of sp³-hybridized carbons (Fsp3) is 0. The van der Waals surface area contributed by atoms with Gasteiger partial charge in [-0.2, -0.15) is 0 Å². The molecule has 2 N–H and O–H groups in total. The third-order valence-electron chi connectivity index (χ3n) is 3.03. The lowest BCUT2D eigenvalue weighted by Crippen LogP contribution is -2.29. The van der Waals surface area contributed by atoms with E-state index in [2.05, 4.69) is 15.8 Å². The number of amides is 1. The predicted octanol–water partition coefficient (Wildman–Crippen LogP) is 3.65. The Bertz CT molecular complexity index is 787. The van der Waals surface area contributed by atoms with Crippen LogP contribution >= 0.6 is 11.6 Å². The monoisotopic (exact) mass is 297 g/mol. The Kier molecular flexibility index (Phi) is 3.71. The first kappa shape index (κ1) is 13.4. The highest BCUT2D eigenvalue weighted by molar-refractivity contribution is 6.30. The van der Waals surface area contributed by atoms with Crippen molar-refractivity contribution in [2.45, 2.75) is 0 Å². The van der Waals surface area contributed by atoms with E-state index >= 15 is 0 Å². The van der Waals surface area contributed by atoms with E-state index in [0.29, 0.717) is 10.6 Å². The molecule has 1 aromatic heterocycles. The van der Waals surface area contributed by atoms with Crippen molar-refractivity contribution in [1.29, 1.82) is 0 Å². The molecule has 5 heteroatoms. The summed E-state index contributed by atoms with van der Waals surface area (Å²) in [6.45, 7) is 0. The SMILES string of the molecule is O=C(NNc1ccc(Cl)cc1)c1ccc2ncccc2c1. The topological polar surface area (TPSA) is 54.0 Å². The summed E-state index contributed by atoms with van der Waals surface area (Å²) in [5, 5.41) is 1.57. The molecule has 3 aromatic rings. The highest BCUT2D eigenvalue weighted by atomic mass is 35.5. The van der Waals surface area contributed by atoms with E-state index in [0.717, 1.165) is 16.6 Å². The molecular formula is C16H12ClN3O. The molecule has 0 aliphatic heterocycles. The Hall–Kier alpha value is -2.59. The van der Waals surface area contributed by atoms with Crippen molar-refractivity contribution < 1.29 is 4.79 Å². The van der Waals surface area contributed by atoms with Gasteiger partial charge in [0.15, 0.2) is 0 Å². The summed E-state index contributed by atoms with van der Waals surface area (Å²) in [5.41, 5.74) is 7.68. The summed E-state index contributed by atoms with van der Waals surface area (Å²) in [7, 11) is 0. The summed E-state index contributed by atoms with van der Waals surface area (Å²) < 4.78 is 0. The molecule has 0 radical (unpaired) electrons. The third-order valence-corrected chi connectivity index (χ3v) is 3.28. The Morgan fingerprint density at radius 3 is 2.67 bits per heavy atom. The standard InChI is InChI=1S/C16H12ClN3O/c17-13-4-6-14(7-5-13)19-20-16(21)12-3-8-15-11(10-12)2-1-9-18-15/h1-10,19H,(H,20,21). The van der Waals surface area contributed by atoms with Crippen LogP contribution in [0.5, 0.6) is 0 Å². The lowest BCUT2D eigenvalue weighted by atomic mass is 10.1. The Balaban J connectivity index is 1.73. The van der Waals surface area contributed by atoms with Gasteiger partial charge < -0.3 is 0 Å².